The van der Waals surface area contributed by atoms with Crippen molar-refractivity contribution >= 4 is 45.6 Å². The molecule has 1 heterocycles. The van der Waals surface area contributed by atoms with Crippen LogP contribution in [-0.2, 0) is 0 Å². The van der Waals surface area contributed by atoms with Gasteiger partial charge >= 0.3 is 0 Å². The molecule has 0 fully saturated rings. The van der Waals surface area contributed by atoms with Crippen molar-refractivity contribution in [2.45, 2.75) is 6.92 Å². The first kappa shape index (κ1) is 17.7. The van der Waals surface area contributed by atoms with Gasteiger partial charge in [0.2, 0.25) is 0 Å². The van der Waals surface area contributed by atoms with Crippen LogP contribution in [-0.4, -0.2) is 17.5 Å². The summed E-state index contributed by atoms with van der Waals surface area (Å²) in [6.45, 7) is 2.38. The average molecular weight is 393 g/mol. The monoisotopic (exact) mass is 392 g/mol. The third-order valence-corrected chi connectivity index (χ3v) is 4.66. The minimum atomic E-state index is -0.276. The van der Waals surface area contributed by atoms with Gasteiger partial charge < -0.3 is 4.74 Å². The number of nitrogens with one attached hydrogen (secondary N) is 1. The fourth-order valence-corrected chi connectivity index (χ4v) is 3.24. The van der Waals surface area contributed by atoms with E-state index in [1.54, 1.807) is 30.3 Å². The van der Waals surface area contributed by atoms with Gasteiger partial charge in [-0.3, -0.25) is 10.1 Å². The van der Waals surface area contributed by atoms with Crippen LogP contribution in [0.5, 0.6) is 5.75 Å². The van der Waals surface area contributed by atoms with Crippen molar-refractivity contribution < 1.29 is 9.53 Å². The fourth-order valence-electron chi connectivity index (χ4n) is 2.17. The summed E-state index contributed by atoms with van der Waals surface area (Å²) in [6.07, 6.45) is 0. The lowest BCUT2D eigenvalue weighted by atomic mass is 10.2. The molecule has 7 heteroatoms. The molecule has 0 saturated heterocycles. The maximum absolute atomic E-state index is 12.4. The Labute approximate surface area is 159 Å². The number of hydrogen-bond donors (Lipinski definition) is 1. The number of rotatable bonds is 5. The van der Waals surface area contributed by atoms with Gasteiger partial charge in [0.15, 0.2) is 5.13 Å². The van der Waals surface area contributed by atoms with E-state index >= 15 is 0 Å². The summed E-state index contributed by atoms with van der Waals surface area (Å²) in [4.78, 5) is 16.8. The number of anilines is 1. The van der Waals surface area contributed by atoms with Crippen LogP contribution in [0.25, 0.3) is 11.3 Å². The zero-order chi connectivity index (χ0) is 17.8. The van der Waals surface area contributed by atoms with E-state index in [1.165, 1.54) is 11.3 Å². The zero-order valence-corrected chi connectivity index (χ0v) is 15.6. The highest BCUT2D eigenvalue weighted by atomic mass is 35.5. The first-order chi connectivity index (χ1) is 12.1. The molecule has 1 amide bonds. The van der Waals surface area contributed by atoms with Crippen molar-refractivity contribution in [3.05, 3.63) is 63.5 Å². The summed E-state index contributed by atoms with van der Waals surface area (Å²) in [7, 11) is 0. The van der Waals surface area contributed by atoms with E-state index in [1.807, 2.05) is 24.4 Å². The van der Waals surface area contributed by atoms with Crippen LogP contribution in [0.15, 0.2) is 47.8 Å². The van der Waals surface area contributed by atoms with E-state index in [-0.39, 0.29) is 5.91 Å². The van der Waals surface area contributed by atoms with Crippen LogP contribution in [0.1, 0.15) is 17.3 Å². The minimum absolute atomic E-state index is 0.276. The van der Waals surface area contributed by atoms with Gasteiger partial charge in [0.1, 0.15) is 5.75 Å². The van der Waals surface area contributed by atoms with Gasteiger partial charge in [-0.25, -0.2) is 4.98 Å². The van der Waals surface area contributed by atoms with Crippen LogP contribution < -0.4 is 10.1 Å². The number of halogens is 2. The largest absolute Gasteiger partial charge is 0.492 e. The van der Waals surface area contributed by atoms with Crippen LogP contribution >= 0.6 is 34.5 Å². The molecule has 0 atom stereocenters. The number of amides is 1. The van der Waals surface area contributed by atoms with Gasteiger partial charge in [0.05, 0.1) is 17.3 Å². The van der Waals surface area contributed by atoms with Gasteiger partial charge in [-0.1, -0.05) is 35.3 Å². The second-order valence-electron chi connectivity index (χ2n) is 5.08. The molecule has 0 radical (unpaired) electrons. The van der Waals surface area contributed by atoms with Gasteiger partial charge in [-0.05, 0) is 37.3 Å². The molecule has 0 unspecified atom stereocenters. The Hall–Kier alpha value is -2.08. The molecule has 128 valence electrons. The summed E-state index contributed by atoms with van der Waals surface area (Å²) in [5, 5.41) is 6.24. The highest BCUT2D eigenvalue weighted by Gasteiger charge is 2.12. The van der Waals surface area contributed by atoms with Crippen LogP contribution in [0, 0.1) is 0 Å². The molecule has 1 N–H and O–H groups in total. The van der Waals surface area contributed by atoms with Crippen molar-refractivity contribution in [2.75, 3.05) is 11.9 Å². The minimum Gasteiger partial charge on any atom is -0.492 e. The molecule has 25 heavy (non-hydrogen) atoms. The average Bonchev–Trinajstić information content (AvgIpc) is 3.06. The summed E-state index contributed by atoms with van der Waals surface area (Å²) in [6, 6.07) is 12.3. The van der Waals surface area contributed by atoms with E-state index in [9.17, 15) is 4.79 Å². The lowest BCUT2D eigenvalue weighted by Crippen LogP contribution is -2.11. The predicted octanol–water partition coefficient (Wildman–Crippen LogP) is 5.77. The number of thiazole rings is 1. The number of aromatic nitrogens is 1. The second kappa shape index (κ2) is 7.87. The number of carbonyl (C=O) groups excluding carboxylic acids is 1. The van der Waals surface area contributed by atoms with E-state index in [0.717, 1.165) is 11.3 Å². The second-order valence-corrected chi connectivity index (χ2v) is 6.78. The molecule has 0 aliphatic rings. The lowest BCUT2D eigenvalue weighted by molar-refractivity contribution is 0.102. The Balaban J connectivity index is 1.73. The summed E-state index contributed by atoms with van der Waals surface area (Å²) in [5.74, 6) is 0.280. The fraction of sp³-hybridized carbons (Fsp3) is 0.111. The topological polar surface area (TPSA) is 51.2 Å². The van der Waals surface area contributed by atoms with Crippen molar-refractivity contribution in [1.29, 1.82) is 0 Å². The van der Waals surface area contributed by atoms with Crippen LogP contribution in [0.2, 0.25) is 10.0 Å². The zero-order valence-electron chi connectivity index (χ0n) is 13.3. The molecule has 0 bridgehead atoms. The van der Waals surface area contributed by atoms with Gasteiger partial charge in [0.25, 0.3) is 5.91 Å². The van der Waals surface area contributed by atoms with Crippen LogP contribution in [0.3, 0.4) is 0 Å². The number of benzene rings is 2. The molecule has 1 aromatic heterocycles. The Kier molecular flexibility index (Phi) is 5.58. The molecule has 0 aliphatic carbocycles. The number of hydrogen-bond acceptors (Lipinski definition) is 4. The van der Waals surface area contributed by atoms with Gasteiger partial charge in [0, 0.05) is 21.5 Å². The molecular weight excluding hydrogens is 379 g/mol. The molecule has 3 rings (SSSR count). The van der Waals surface area contributed by atoms with Crippen molar-refractivity contribution in [2.24, 2.45) is 0 Å². The first-order valence-electron chi connectivity index (χ1n) is 7.52. The Morgan fingerprint density at radius 2 is 1.96 bits per heavy atom. The predicted molar refractivity (Wildman–Crippen MR) is 103 cm³/mol. The number of nitrogens with zero attached hydrogens (tertiary/aromatic N) is 1. The lowest BCUT2D eigenvalue weighted by Gasteiger charge is -2.07. The SMILES string of the molecule is CCOc1ccc(C(=O)Nc2nc(-c3ccc(Cl)cc3)cs2)cc1Cl. The van der Waals surface area contributed by atoms with E-state index in [2.05, 4.69) is 10.3 Å². The quantitative estimate of drug-likeness (QED) is 0.599. The van der Waals surface area contributed by atoms with E-state index in [0.29, 0.717) is 33.1 Å². The van der Waals surface area contributed by atoms with Crippen molar-refractivity contribution in [1.82, 2.24) is 4.98 Å². The summed E-state index contributed by atoms with van der Waals surface area (Å²) >= 11 is 13.4. The molecule has 3 aromatic rings. The Bertz CT molecular complexity index is 894. The highest BCUT2D eigenvalue weighted by molar-refractivity contribution is 7.14. The standard InChI is InChI=1S/C18H14Cl2N2O2S/c1-2-24-16-8-5-12(9-14(16)20)17(23)22-18-21-15(10-25-18)11-3-6-13(19)7-4-11/h3-10H,2H2,1H3,(H,21,22,23). The molecular formula is C18H14Cl2N2O2S. The molecule has 2 aromatic carbocycles. The van der Waals surface area contributed by atoms with E-state index in [4.69, 9.17) is 27.9 Å². The van der Waals surface area contributed by atoms with Gasteiger partial charge in [-0.2, -0.15) is 0 Å². The Morgan fingerprint density at radius 1 is 1.20 bits per heavy atom. The van der Waals surface area contributed by atoms with Crippen molar-refractivity contribution in [3.8, 4) is 17.0 Å². The summed E-state index contributed by atoms with van der Waals surface area (Å²) in [5.41, 5.74) is 2.16. The van der Waals surface area contributed by atoms with Crippen molar-refractivity contribution in [3.63, 3.8) is 0 Å². The molecule has 0 saturated carbocycles. The number of ether oxygens (including phenoxy) is 1. The molecule has 4 nitrogen and oxygen atoms in total. The maximum Gasteiger partial charge on any atom is 0.257 e. The number of carbonyl (C=O) groups is 1. The maximum atomic E-state index is 12.4. The highest BCUT2D eigenvalue weighted by Crippen LogP contribution is 2.28. The smallest absolute Gasteiger partial charge is 0.257 e. The summed E-state index contributed by atoms with van der Waals surface area (Å²) < 4.78 is 5.37. The first-order valence-corrected chi connectivity index (χ1v) is 9.15. The normalized spacial score (nSPS) is 10.5. The molecule has 0 spiro atoms. The van der Waals surface area contributed by atoms with Crippen LogP contribution in [0.4, 0.5) is 5.13 Å². The Morgan fingerprint density at radius 3 is 2.64 bits per heavy atom. The third-order valence-electron chi connectivity index (χ3n) is 3.36. The third kappa shape index (κ3) is 4.31. The van der Waals surface area contributed by atoms with E-state index < -0.39 is 0 Å². The van der Waals surface area contributed by atoms with Gasteiger partial charge in [-0.15, -0.1) is 11.3 Å². The molecule has 0 aliphatic heterocycles.